The Hall–Kier alpha value is -2.84. The quantitative estimate of drug-likeness (QED) is 0.386. The van der Waals surface area contributed by atoms with Gasteiger partial charge >= 0.3 is 0 Å². The van der Waals surface area contributed by atoms with E-state index in [1.165, 1.54) is 11.3 Å². The van der Waals surface area contributed by atoms with E-state index in [0.29, 0.717) is 18.7 Å². The summed E-state index contributed by atoms with van der Waals surface area (Å²) in [5.74, 6) is 0.848. The first-order valence-electron chi connectivity index (χ1n) is 11.8. The van der Waals surface area contributed by atoms with E-state index in [9.17, 15) is 4.79 Å². The number of rotatable bonds is 9. The highest BCUT2D eigenvalue weighted by Crippen LogP contribution is 2.33. The van der Waals surface area contributed by atoms with Gasteiger partial charge < -0.3 is 10.3 Å². The summed E-state index contributed by atoms with van der Waals surface area (Å²) in [5.41, 5.74) is 5.12. The number of H-pyrrole nitrogens is 1. The third-order valence-corrected chi connectivity index (χ3v) is 6.56. The number of fused-ring (bicyclic) bond motifs is 1. The van der Waals surface area contributed by atoms with Crippen LogP contribution >= 0.6 is 15.9 Å². The molecule has 1 amide bonds. The van der Waals surface area contributed by atoms with Crippen LogP contribution in [0.3, 0.4) is 0 Å². The minimum Gasteiger partial charge on any atom is -0.352 e. The summed E-state index contributed by atoms with van der Waals surface area (Å²) >= 11 is 3.37. The van der Waals surface area contributed by atoms with Gasteiger partial charge in [0.05, 0.1) is 29.5 Å². The standard InChI is InChI=1S/C26H31BrN6O/c1-3-7-22-18(2)31-24(32-22)17-33(23-10-4-8-19-9-5-11-29-25(19)23)13-6-12-30-26(34)20-14-21(27)16-28-15-20/h3,5,7,9,11,14-16,23H,4,6,8,10,12-13,17H2,1-2H3,(H,30,34)(H,31,32)/b7-3-. The van der Waals surface area contributed by atoms with Crippen LogP contribution in [0.15, 0.2) is 47.3 Å². The molecule has 7 nitrogen and oxygen atoms in total. The molecule has 2 N–H and O–H groups in total. The van der Waals surface area contributed by atoms with Crippen molar-refractivity contribution >= 4 is 27.9 Å². The van der Waals surface area contributed by atoms with Crippen LogP contribution in [-0.2, 0) is 13.0 Å². The number of pyridine rings is 2. The molecule has 1 atom stereocenters. The van der Waals surface area contributed by atoms with Gasteiger partial charge in [0.15, 0.2) is 0 Å². The van der Waals surface area contributed by atoms with Crippen LogP contribution in [0, 0.1) is 6.92 Å². The van der Waals surface area contributed by atoms with Gasteiger partial charge in [-0.1, -0.05) is 12.1 Å². The minimum absolute atomic E-state index is 0.109. The molecule has 3 heterocycles. The van der Waals surface area contributed by atoms with E-state index in [1.807, 2.05) is 31.3 Å². The van der Waals surface area contributed by atoms with Crippen molar-refractivity contribution in [3.05, 3.63) is 81.4 Å². The Labute approximate surface area is 209 Å². The smallest absolute Gasteiger partial charge is 0.252 e. The number of aryl methyl sites for hydroxylation is 2. The predicted octanol–water partition coefficient (Wildman–Crippen LogP) is 5.00. The summed E-state index contributed by atoms with van der Waals surface area (Å²) in [4.78, 5) is 32.0. The van der Waals surface area contributed by atoms with Crippen LogP contribution in [0.4, 0.5) is 0 Å². The van der Waals surface area contributed by atoms with Gasteiger partial charge in [-0.05, 0) is 79.2 Å². The number of imidazole rings is 1. The van der Waals surface area contributed by atoms with Crippen LogP contribution in [0.2, 0.25) is 0 Å². The van der Waals surface area contributed by atoms with Gasteiger partial charge in [0.25, 0.3) is 5.91 Å². The highest BCUT2D eigenvalue weighted by Gasteiger charge is 2.27. The van der Waals surface area contributed by atoms with E-state index in [-0.39, 0.29) is 11.9 Å². The third kappa shape index (κ3) is 5.98. The van der Waals surface area contributed by atoms with Gasteiger partial charge in [-0.3, -0.25) is 19.7 Å². The summed E-state index contributed by atoms with van der Waals surface area (Å²) in [6, 6.07) is 6.24. The molecule has 0 aromatic carbocycles. The van der Waals surface area contributed by atoms with E-state index < -0.39 is 0 Å². The lowest BCUT2D eigenvalue weighted by atomic mass is 9.90. The molecule has 3 aromatic rings. The Bertz CT molecular complexity index is 1160. The van der Waals surface area contributed by atoms with Crippen molar-refractivity contribution in [1.82, 2.24) is 30.2 Å². The van der Waals surface area contributed by atoms with E-state index in [1.54, 1.807) is 18.5 Å². The molecule has 0 saturated heterocycles. The first-order valence-corrected chi connectivity index (χ1v) is 12.6. The lowest BCUT2D eigenvalue weighted by Crippen LogP contribution is -2.35. The predicted molar refractivity (Wildman–Crippen MR) is 137 cm³/mol. The van der Waals surface area contributed by atoms with Crippen LogP contribution < -0.4 is 5.32 Å². The number of hydrogen-bond acceptors (Lipinski definition) is 5. The molecule has 178 valence electrons. The van der Waals surface area contributed by atoms with Gasteiger partial charge in [-0.25, -0.2) is 4.98 Å². The number of hydrogen-bond donors (Lipinski definition) is 2. The zero-order valence-corrected chi connectivity index (χ0v) is 21.3. The highest BCUT2D eigenvalue weighted by atomic mass is 79.9. The highest BCUT2D eigenvalue weighted by molar-refractivity contribution is 9.10. The Morgan fingerprint density at radius 1 is 1.38 bits per heavy atom. The van der Waals surface area contributed by atoms with Crippen molar-refractivity contribution in [2.45, 2.75) is 52.1 Å². The van der Waals surface area contributed by atoms with Crippen LogP contribution in [0.5, 0.6) is 0 Å². The summed E-state index contributed by atoms with van der Waals surface area (Å²) in [6.07, 6.45) is 13.3. The summed E-state index contributed by atoms with van der Waals surface area (Å²) in [6.45, 7) is 6.19. The summed E-state index contributed by atoms with van der Waals surface area (Å²) in [7, 11) is 0. The Morgan fingerprint density at radius 3 is 3.09 bits per heavy atom. The van der Waals surface area contributed by atoms with Crippen molar-refractivity contribution in [3.8, 4) is 0 Å². The molecule has 0 spiro atoms. The van der Waals surface area contributed by atoms with E-state index in [0.717, 1.165) is 53.9 Å². The molecule has 0 bridgehead atoms. The number of allylic oxidation sites excluding steroid dienone is 1. The molecule has 0 fully saturated rings. The number of amides is 1. The number of halogens is 1. The molecule has 0 saturated carbocycles. The maximum atomic E-state index is 12.5. The molecule has 3 aromatic heterocycles. The zero-order valence-electron chi connectivity index (χ0n) is 19.7. The number of aromatic amines is 1. The summed E-state index contributed by atoms with van der Waals surface area (Å²) < 4.78 is 0.792. The van der Waals surface area contributed by atoms with Crippen LogP contribution in [-0.4, -0.2) is 43.8 Å². The SMILES string of the molecule is C/C=C\c1nc(CN(CCCNC(=O)c2cncc(Br)c2)C2CCCc3cccnc32)[nH]c1C. The van der Waals surface area contributed by atoms with E-state index in [2.05, 4.69) is 49.1 Å². The Kier molecular flexibility index (Phi) is 8.24. The lowest BCUT2D eigenvalue weighted by molar-refractivity contribution is 0.0948. The minimum atomic E-state index is -0.109. The molecule has 0 radical (unpaired) electrons. The van der Waals surface area contributed by atoms with Gasteiger partial charge in [-0.15, -0.1) is 0 Å². The van der Waals surface area contributed by atoms with Gasteiger partial charge in [0.2, 0.25) is 0 Å². The van der Waals surface area contributed by atoms with E-state index in [4.69, 9.17) is 9.97 Å². The van der Waals surface area contributed by atoms with Gasteiger partial charge in [0.1, 0.15) is 5.82 Å². The first-order chi connectivity index (χ1) is 16.5. The first kappa shape index (κ1) is 24.3. The fraction of sp³-hybridized carbons (Fsp3) is 0.385. The number of carbonyl (C=O) groups excluding carboxylic acids is 1. The number of carbonyl (C=O) groups is 1. The molecule has 4 rings (SSSR count). The summed E-state index contributed by atoms with van der Waals surface area (Å²) in [5, 5.41) is 3.02. The number of nitrogens with one attached hydrogen (secondary N) is 2. The van der Waals surface area contributed by atoms with E-state index >= 15 is 0 Å². The van der Waals surface area contributed by atoms with Crippen molar-refractivity contribution in [2.75, 3.05) is 13.1 Å². The maximum absolute atomic E-state index is 12.5. The largest absolute Gasteiger partial charge is 0.352 e. The third-order valence-electron chi connectivity index (χ3n) is 6.13. The van der Waals surface area contributed by atoms with Gasteiger partial charge in [-0.2, -0.15) is 0 Å². The van der Waals surface area contributed by atoms with Crippen molar-refractivity contribution in [2.24, 2.45) is 0 Å². The second kappa shape index (κ2) is 11.5. The zero-order chi connectivity index (χ0) is 23.9. The fourth-order valence-electron chi connectivity index (χ4n) is 4.53. The second-order valence-corrected chi connectivity index (χ2v) is 9.54. The maximum Gasteiger partial charge on any atom is 0.252 e. The van der Waals surface area contributed by atoms with Crippen molar-refractivity contribution in [3.63, 3.8) is 0 Å². The Morgan fingerprint density at radius 2 is 2.26 bits per heavy atom. The molecule has 8 heteroatoms. The number of nitrogens with zero attached hydrogens (tertiary/aromatic N) is 4. The van der Waals surface area contributed by atoms with Crippen LogP contribution in [0.25, 0.3) is 6.08 Å². The normalized spacial score (nSPS) is 15.6. The Balaban J connectivity index is 1.45. The molecule has 1 aliphatic carbocycles. The van der Waals surface area contributed by atoms with Gasteiger partial charge in [0, 0.05) is 41.8 Å². The van der Waals surface area contributed by atoms with Crippen molar-refractivity contribution < 1.29 is 4.79 Å². The van der Waals surface area contributed by atoms with Crippen molar-refractivity contribution in [1.29, 1.82) is 0 Å². The molecule has 34 heavy (non-hydrogen) atoms. The molecule has 1 aliphatic rings. The molecule has 0 aliphatic heterocycles. The lowest BCUT2D eigenvalue weighted by Gasteiger charge is -2.34. The fourth-order valence-corrected chi connectivity index (χ4v) is 4.90. The number of aromatic nitrogens is 4. The average molecular weight is 523 g/mol. The molecule has 1 unspecified atom stereocenters. The molecular weight excluding hydrogens is 492 g/mol. The average Bonchev–Trinajstić information content (AvgIpc) is 3.19. The monoisotopic (exact) mass is 522 g/mol. The second-order valence-electron chi connectivity index (χ2n) is 8.62. The topological polar surface area (TPSA) is 86.8 Å². The van der Waals surface area contributed by atoms with Crippen LogP contribution in [0.1, 0.15) is 71.1 Å². The molecular formula is C26H31BrN6O.